The molecule has 0 radical (unpaired) electrons. The Morgan fingerprint density at radius 2 is 1.84 bits per heavy atom. The number of amides is 1. The van der Waals surface area contributed by atoms with Crippen molar-refractivity contribution in [3.05, 3.63) is 58.6 Å². The molecule has 25 heavy (non-hydrogen) atoms. The summed E-state index contributed by atoms with van der Waals surface area (Å²) in [6.45, 7) is 3.62. The van der Waals surface area contributed by atoms with Crippen molar-refractivity contribution in [2.45, 2.75) is 32.5 Å². The average molecular weight is 372 g/mol. The van der Waals surface area contributed by atoms with Gasteiger partial charge >= 0.3 is 6.18 Å². The third-order valence-corrected chi connectivity index (χ3v) is 3.74. The molecule has 0 heterocycles. The quantitative estimate of drug-likeness (QED) is 0.757. The summed E-state index contributed by atoms with van der Waals surface area (Å²) in [5.41, 5.74) is -0.327. The van der Waals surface area contributed by atoms with E-state index in [2.05, 4.69) is 5.32 Å². The van der Waals surface area contributed by atoms with E-state index in [9.17, 15) is 18.0 Å². The van der Waals surface area contributed by atoms with Crippen molar-refractivity contribution in [3.63, 3.8) is 0 Å². The molecule has 0 aliphatic rings. The van der Waals surface area contributed by atoms with E-state index in [4.69, 9.17) is 16.3 Å². The summed E-state index contributed by atoms with van der Waals surface area (Å²) < 4.78 is 44.9. The van der Waals surface area contributed by atoms with Crippen molar-refractivity contribution in [2.75, 3.05) is 5.32 Å². The highest BCUT2D eigenvalue weighted by Crippen LogP contribution is 2.36. The number of rotatable bonds is 5. The standard InChI is InChI=1S/C18H17ClF3NO2/c1-3-16(25-13-7-4-11(2)5-8-13)17(24)23-15-9-6-12(19)10-14(15)18(20,21)22/h4-10,16H,3H2,1-2H3,(H,23,24)/t16-/m1/s1. The van der Waals surface area contributed by atoms with Crippen LogP contribution < -0.4 is 10.1 Å². The van der Waals surface area contributed by atoms with Crippen LogP contribution in [0.5, 0.6) is 5.75 Å². The summed E-state index contributed by atoms with van der Waals surface area (Å²) in [4.78, 5) is 12.3. The monoisotopic (exact) mass is 371 g/mol. The van der Waals surface area contributed by atoms with Gasteiger partial charge in [-0.3, -0.25) is 4.79 Å². The fourth-order valence-corrected chi connectivity index (χ4v) is 2.35. The first kappa shape index (κ1) is 19.1. The normalized spacial score (nSPS) is 12.6. The Balaban J connectivity index is 2.18. The van der Waals surface area contributed by atoms with Crippen LogP contribution in [0, 0.1) is 6.92 Å². The van der Waals surface area contributed by atoms with Gasteiger partial charge in [0.05, 0.1) is 11.3 Å². The second-order valence-electron chi connectivity index (χ2n) is 5.50. The van der Waals surface area contributed by atoms with Gasteiger partial charge in [-0.1, -0.05) is 36.2 Å². The molecule has 2 rings (SSSR count). The number of nitrogens with one attached hydrogen (secondary N) is 1. The molecule has 0 fully saturated rings. The fourth-order valence-electron chi connectivity index (χ4n) is 2.18. The maximum Gasteiger partial charge on any atom is 0.418 e. The number of carbonyl (C=O) groups excluding carboxylic acids is 1. The van der Waals surface area contributed by atoms with E-state index < -0.39 is 23.8 Å². The molecule has 134 valence electrons. The van der Waals surface area contributed by atoms with Crippen LogP contribution in [-0.4, -0.2) is 12.0 Å². The summed E-state index contributed by atoms with van der Waals surface area (Å²) in [6, 6.07) is 10.2. The number of ether oxygens (including phenoxy) is 1. The van der Waals surface area contributed by atoms with Gasteiger partial charge in [0, 0.05) is 5.02 Å². The van der Waals surface area contributed by atoms with Crippen molar-refractivity contribution in [1.29, 1.82) is 0 Å². The number of benzene rings is 2. The van der Waals surface area contributed by atoms with Gasteiger partial charge in [0.25, 0.3) is 5.91 Å². The minimum atomic E-state index is -4.63. The zero-order valence-electron chi connectivity index (χ0n) is 13.7. The number of alkyl halides is 3. The summed E-state index contributed by atoms with van der Waals surface area (Å²) in [5.74, 6) is -0.185. The van der Waals surface area contributed by atoms with E-state index in [1.165, 1.54) is 6.07 Å². The van der Waals surface area contributed by atoms with Gasteiger partial charge in [0.1, 0.15) is 5.75 Å². The van der Waals surface area contributed by atoms with Crippen molar-refractivity contribution in [2.24, 2.45) is 0 Å². The molecule has 0 aliphatic heterocycles. The lowest BCUT2D eigenvalue weighted by Gasteiger charge is -2.19. The van der Waals surface area contributed by atoms with E-state index in [0.717, 1.165) is 17.7 Å². The lowest BCUT2D eigenvalue weighted by molar-refractivity contribution is -0.137. The maximum atomic E-state index is 13.1. The van der Waals surface area contributed by atoms with Gasteiger partial charge in [-0.05, 0) is 43.7 Å². The number of anilines is 1. The Labute approximate surface area is 148 Å². The summed E-state index contributed by atoms with van der Waals surface area (Å²) in [5, 5.41) is 2.22. The van der Waals surface area contributed by atoms with Crippen LogP contribution in [0.25, 0.3) is 0 Å². The second kappa shape index (κ2) is 7.78. The minimum Gasteiger partial charge on any atom is -0.481 e. The number of hydrogen-bond donors (Lipinski definition) is 1. The zero-order valence-corrected chi connectivity index (χ0v) is 14.4. The molecular weight excluding hydrogens is 355 g/mol. The van der Waals surface area contributed by atoms with Gasteiger partial charge in [-0.2, -0.15) is 13.2 Å². The van der Waals surface area contributed by atoms with Gasteiger partial charge < -0.3 is 10.1 Å². The van der Waals surface area contributed by atoms with Crippen LogP contribution >= 0.6 is 11.6 Å². The molecule has 0 bridgehead atoms. The van der Waals surface area contributed by atoms with Crippen LogP contribution in [0.4, 0.5) is 18.9 Å². The van der Waals surface area contributed by atoms with Crippen LogP contribution in [0.1, 0.15) is 24.5 Å². The fraction of sp³-hybridized carbons (Fsp3) is 0.278. The molecule has 0 aliphatic carbocycles. The molecule has 1 amide bonds. The number of halogens is 4. The smallest absolute Gasteiger partial charge is 0.418 e. The Hall–Kier alpha value is -2.21. The summed E-state index contributed by atoms with van der Waals surface area (Å²) in [7, 11) is 0. The van der Waals surface area contributed by atoms with Crippen LogP contribution in [0.15, 0.2) is 42.5 Å². The third kappa shape index (κ3) is 5.13. The van der Waals surface area contributed by atoms with E-state index >= 15 is 0 Å². The molecular formula is C18H17ClF3NO2. The van der Waals surface area contributed by atoms with Gasteiger partial charge in [0.2, 0.25) is 0 Å². The molecule has 0 saturated heterocycles. The molecule has 1 N–H and O–H groups in total. The van der Waals surface area contributed by atoms with Crippen molar-refractivity contribution >= 4 is 23.2 Å². The molecule has 2 aromatic rings. The van der Waals surface area contributed by atoms with Gasteiger partial charge in [-0.25, -0.2) is 0 Å². The van der Waals surface area contributed by atoms with Crippen LogP contribution in [-0.2, 0) is 11.0 Å². The van der Waals surface area contributed by atoms with E-state index in [0.29, 0.717) is 12.2 Å². The second-order valence-corrected chi connectivity index (χ2v) is 5.94. The Bertz CT molecular complexity index is 745. The Morgan fingerprint density at radius 1 is 1.20 bits per heavy atom. The molecule has 2 aromatic carbocycles. The molecule has 3 nitrogen and oxygen atoms in total. The molecule has 0 unspecified atom stereocenters. The predicted molar refractivity (Wildman–Crippen MR) is 91.0 cm³/mol. The summed E-state index contributed by atoms with van der Waals surface area (Å²) >= 11 is 5.63. The Kier molecular flexibility index (Phi) is 5.95. The highest BCUT2D eigenvalue weighted by molar-refractivity contribution is 6.30. The van der Waals surface area contributed by atoms with Gasteiger partial charge in [0.15, 0.2) is 6.10 Å². The molecule has 7 heteroatoms. The molecule has 0 aromatic heterocycles. The van der Waals surface area contributed by atoms with E-state index in [-0.39, 0.29) is 10.7 Å². The average Bonchev–Trinajstić information content (AvgIpc) is 2.55. The first-order valence-corrected chi connectivity index (χ1v) is 7.99. The van der Waals surface area contributed by atoms with E-state index in [1.807, 2.05) is 19.1 Å². The lowest BCUT2D eigenvalue weighted by atomic mass is 10.1. The first-order chi connectivity index (χ1) is 11.7. The lowest BCUT2D eigenvalue weighted by Crippen LogP contribution is -2.33. The summed E-state index contributed by atoms with van der Waals surface area (Å²) in [6.07, 6.45) is -5.25. The van der Waals surface area contributed by atoms with Crippen molar-refractivity contribution in [3.8, 4) is 5.75 Å². The van der Waals surface area contributed by atoms with Crippen LogP contribution in [0.2, 0.25) is 5.02 Å². The molecule has 1 atom stereocenters. The molecule has 0 spiro atoms. The maximum absolute atomic E-state index is 13.1. The highest BCUT2D eigenvalue weighted by atomic mass is 35.5. The highest BCUT2D eigenvalue weighted by Gasteiger charge is 2.34. The number of carbonyl (C=O) groups is 1. The van der Waals surface area contributed by atoms with Crippen molar-refractivity contribution in [1.82, 2.24) is 0 Å². The predicted octanol–water partition coefficient (Wildman–Crippen LogP) is 5.46. The number of hydrogen-bond acceptors (Lipinski definition) is 2. The largest absolute Gasteiger partial charge is 0.481 e. The zero-order chi connectivity index (χ0) is 18.6. The third-order valence-electron chi connectivity index (χ3n) is 3.51. The minimum absolute atomic E-state index is 0.0618. The van der Waals surface area contributed by atoms with Crippen LogP contribution in [0.3, 0.4) is 0 Å². The first-order valence-electron chi connectivity index (χ1n) is 7.61. The van der Waals surface area contributed by atoms with Gasteiger partial charge in [-0.15, -0.1) is 0 Å². The topological polar surface area (TPSA) is 38.3 Å². The number of aryl methyl sites for hydroxylation is 1. The Morgan fingerprint density at radius 3 is 2.40 bits per heavy atom. The van der Waals surface area contributed by atoms with E-state index in [1.54, 1.807) is 19.1 Å². The molecule has 0 saturated carbocycles. The SMILES string of the molecule is CC[C@@H](Oc1ccc(C)cc1)C(=O)Nc1ccc(Cl)cc1C(F)(F)F. The van der Waals surface area contributed by atoms with Crippen molar-refractivity contribution < 1.29 is 22.7 Å².